The fourth-order valence-corrected chi connectivity index (χ4v) is 5.67. The van der Waals surface area contributed by atoms with Crippen LogP contribution in [0.3, 0.4) is 0 Å². The van der Waals surface area contributed by atoms with Gasteiger partial charge in [-0.2, -0.15) is 5.21 Å². The van der Waals surface area contributed by atoms with Crippen LogP contribution in [0.4, 0.5) is 0 Å². The van der Waals surface area contributed by atoms with Gasteiger partial charge in [0.05, 0.1) is 27.8 Å². The van der Waals surface area contributed by atoms with E-state index in [1.807, 2.05) is 24.3 Å². The minimum absolute atomic E-state index is 0.576. The SMILES string of the molecule is CCCc1nc2ccc(-c3nc4ccccc4n3C)cc2n1-c1cccc(-c2ccccc2-c2nn[nH]n2)c1C. The number of nitrogens with zero attached hydrogens (tertiary/aromatic N) is 7. The molecule has 4 aromatic carbocycles. The predicted molar refractivity (Wildman–Crippen MR) is 158 cm³/mol. The van der Waals surface area contributed by atoms with E-state index in [0.717, 1.165) is 80.1 Å². The number of aryl methyl sites for hydroxylation is 2. The molecule has 8 nitrogen and oxygen atoms in total. The Morgan fingerprint density at radius 2 is 1.55 bits per heavy atom. The molecule has 0 atom stereocenters. The maximum Gasteiger partial charge on any atom is 0.205 e. The Kier molecular flexibility index (Phi) is 5.73. The number of tetrazole rings is 1. The van der Waals surface area contributed by atoms with E-state index < -0.39 is 0 Å². The van der Waals surface area contributed by atoms with Crippen LogP contribution in [-0.2, 0) is 13.5 Å². The van der Waals surface area contributed by atoms with Crippen LogP contribution in [0.1, 0.15) is 24.7 Å². The highest BCUT2D eigenvalue weighted by atomic mass is 15.5. The zero-order chi connectivity index (χ0) is 27.2. The molecule has 0 fully saturated rings. The van der Waals surface area contributed by atoms with Gasteiger partial charge < -0.3 is 4.57 Å². The van der Waals surface area contributed by atoms with Crippen LogP contribution in [0.25, 0.3) is 61.7 Å². The first-order valence-electron chi connectivity index (χ1n) is 13.5. The van der Waals surface area contributed by atoms with Crippen LogP contribution in [0.15, 0.2) is 84.9 Å². The van der Waals surface area contributed by atoms with Gasteiger partial charge in [0.1, 0.15) is 11.6 Å². The summed E-state index contributed by atoms with van der Waals surface area (Å²) < 4.78 is 4.48. The number of imidazole rings is 2. The van der Waals surface area contributed by atoms with Gasteiger partial charge in [-0.05, 0) is 71.6 Å². The number of hydrogen-bond donors (Lipinski definition) is 1. The van der Waals surface area contributed by atoms with Crippen molar-refractivity contribution in [3.8, 4) is 39.6 Å². The number of aromatic nitrogens is 8. The third kappa shape index (κ3) is 3.79. The van der Waals surface area contributed by atoms with Crippen LogP contribution >= 0.6 is 0 Å². The summed E-state index contributed by atoms with van der Waals surface area (Å²) in [6.45, 7) is 4.37. The second kappa shape index (κ2) is 9.57. The van der Waals surface area contributed by atoms with Crippen molar-refractivity contribution < 1.29 is 0 Å². The van der Waals surface area contributed by atoms with E-state index in [1.54, 1.807) is 0 Å². The molecule has 0 amide bonds. The summed E-state index contributed by atoms with van der Waals surface area (Å²) in [5.74, 6) is 2.56. The predicted octanol–water partition coefficient (Wildman–Crippen LogP) is 6.69. The van der Waals surface area contributed by atoms with E-state index in [1.165, 1.54) is 0 Å². The second-order valence-corrected chi connectivity index (χ2v) is 10.0. The number of para-hydroxylation sites is 2. The minimum Gasteiger partial charge on any atom is -0.327 e. The number of hydrogen-bond acceptors (Lipinski definition) is 5. The minimum atomic E-state index is 0.576. The van der Waals surface area contributed by atoms with Crippen molar-refractivity contribution in [2.45, 2.75) is 26.7 Å². The fraction of sp³-hybridized carbons (Fsp3) is 0.156. The molecular weight excluding hydrogens is 496 g/mol. The molecule has 0 saturated carbocycles. The monoisotopic (exact) mass is 524 g/mol. The van der Waals surface area contributed by atoms with Gasteiger partial charge in [-0.1, -0.05) is 55.5 Å². The van der Waals surface area contributed by atoms with Gasteiger partial charge in [0.25, 0.3) is 0 Å². The van der Waals surface area contributed by atoms with E-state index in [4.69, 9.17) is 9.97 Å². The molecular formula is C32H28N8. The van der Waals surface area contributed by atoms with Gasteiger partial charge >= 0.3 is 0 Å². The van der Waals surface area contributed by atoms with Crippen molar-refractivity contribution in [3.05, 3.63) is 96.3 Å². The number of H-pyrrole nitrogens is 1. The van der Waals surface area contributed by atoms with Crippen molar-refractivity contribution in [3.63, 3.8) is 0 Å². The number of nitrogens with one attached hydrogen (secondary N) is 1. The maximum atomic E-state index is 5.08. The summed E-state index contributed by atoms with van der Waals surface area (Å²) in [5.41, 5.74) is 10.6. The van der Waals surface area contributed by atoms with Crippen molar-refractivity contribution in [1.29, 1.82) is 0 Å². The van der Waals surface area contributed by atoms with E-state index >= 15 is 0 Å². The standard InChI is InChI=1S/C32H28N8/c1-4-10-30-33-26-18-17-21(32-34-25-14-7-8-15-28(25)39(32)3)19-29(26)40(30)27-16-9-13-22(20(27)2)23-11-5-6-12-24(23)31-35-37-38-36-31/h5-9,11-19H,4,10H2,1-3H3,(H,35,36,37,38). The molecule has 8 heteroatoms. The van der Waals surface area contributed by atoms with Crippen LogP contribution < -0.4 is 0 Å². The molecule has 3 heterocycles. The molecule has 0 aliphatic heterocycles. The first-order valence-corrected chi connectivity index (χ1v) is 13.5. The van der Waals surface area contributed by atoms with Gasteiger partial charge in [-0.15, -0.1) is 10.2 Å². The molecule has 40 heavy (non-hydrogen) atoms. The highest BCUT2D eigenvalue weighted by molar-refractivity contribution is 5.88. The molecule has 0 aliphatic carbocycles. The lowest BCUT2D eigenvalue weighted by atomic mass is 9.94. The summed E-state index contributed by atoms with van der Waals surface area (Å²) >= 11 is 0. The lowest BCUT2D eigenvalue weighted by Crippen LogP contribution is -2.04. The van der Waals surface area contributed by atoms with Crippen molar-refractivity contribution in [2.24, 2.45) is 7.05 Å². The molecule has 0 aliphatic rings. The van der Waals surface area contributed by atoms with Gasteiger partial charge in [0.2, 0.25) is 5.82 Å². The van der Waals surface area contributed by atoms with Crippen LogP contribution in [0, 0.1) is 6.92 Å². The Balaban J connectivity index is 1.44. The van der Waals surface area contributed by atoms with E-state index in [0.29, 0.717) is 5.82 Å². The average molecular weight is 525 g/mol. The van der Waals surface area contributed by atoms with Crippen molar-refractivity contribution >= 4 is 22.1 Å². The molecule has 7 rings (SSSR count). The normalized spacial score (nSPS) is 11.6. The first-order chi connectivity index (χ1) is 19.6. The molecule has 0 spiro atoms. The zero-order valence-electron chi connectivity index (χ0n) is 22.6. The Morgan fingerprint density at radius 3 is 2.35 bits per heavy atom. The largest absolute Gasteiger partial charge is 0.327 e. The number of aromatic amines is 1. The molecule has 3 aromatic heterocycles. The lowest BCUT2D eigenvalue weighted by Gasteiger charge is -2.17. The van der Waals surface area contributed by atoms with Crippen molar-refractivity contribution in [1.82, 2.24) is 39.7 Å². The van der Waals surface area contributed by atoms with Crippen LogP contribution in [-0.4, -0.2) is 39.7 Å². The topological polar surface area (TPSA) is 90.1 Å². The summed E-state index contributed by atoms with van der Waals surface area (Å²) in [4.78, 5) is 10.0. The molecule has 0 radical (unpaired) electrons. The van der Waals surface area contributed by atoms with Crippen LogP contribution in [0.2, 0.25) is 0 Å². The maximum absolute atomic E-state index is 5.08. The molecule has 196 valence electrons. The Morgan fingerprint density at radius 1 is 0.775 bits per heavy atom. The van der Waals surface area contributed by atoms with Gasteiger partial charge in [-0.25, -0.2) is 9.97 Å². The van der Waals surface area contributed by atoms with E-state index in [-0.39, 0.29) is 0 Å². The quantitative estimate of drug-likeness (QED) is 0.262. The van der Waals surface area contributed by atoms with Gasteiger partial charge in [0.15, 0.2) is 0 Å². The smallest absolute Gasteiger partial charge is 0.205 e. The van der Waals surface area contributed by atoms with Gasteiger partial charge in [-0.3, -0.25) is 4.57 Å². The summed E-state index contributed by atoms with van der Waals surface area (Å²) in [7, 11) is 2.07. The molecule has 7 aromatic rings. The summed E-state index contributed by atoms with van der Waals surface area (Å²) in [6, 6.07) is 29.3. The highest BCUT2D eigenvalue weighted by Crippen LogP contribution is 2.36. The molecule has 1 N–H and O–H groups in total. The highest BCUT2D eigenvalue weighted by Gasteiger charge is 2.19. The lowest BCUT2D eigenvalue weighted by molar-refractivity contribution is 0.816. The molecule has 0 bridgehead atoms. The second-order valence-electron chi connectivity index (χ2n) is 10.0. The van der Waals surface area contributed by atoms with E-state index in [9.17, 15) is 0 Å². The van der Waals surface area contributed by atoms with E-state index in [2.05, 4.69) is 111 Å². The molecule has 0 unspecified atom stereocenters. The number of benzene rings is 4. The Hall–Kier alpha value is -5.11. The molecule has 0 saturated heterocycles. The summed E-state index contributed by atoms with van der Waals surface area (Å²) in [5, 5.41) is 14.8. The third-order valence-electron chi connectivity index (χ3n) is 7.59. The van der Waals surface area contributed by atoms with Gasteiger partial charge in [0, 0.05) is 24.6 Å². The Bertz CT molecular complexity index is 2000. The number of fused-ring (bicyclic) bond motifs is 2. The fourth-order valence-electron chi connectivity index (χ4n) is 5.67. The Labute approximate surface area is 231 Å². The van der Waals surface area contributed by atoms with Crippen molar-refractivity contribution in [2.75, 3.05) is 0 Å². The third-order valence-corrected chi connectivity index (χ3v) is 7.59. The van der Waals surface area contributed by atoms with Crippen LogP contribution in [0.5, 0.6) is 0 Å². The zero-order valence-corrected chi connectivity index (χ0v) is 22.6. The average Bonchev–Trinajstić information content (AvgIpc) is 3.72. The summed E-state index contributed by atoms with van der Waals surface area (Å²) in [6.07, 6.45) is 1.87. The first kappa shape index (κ1) is 24.0. The number of rotatable bonds is 6.